The Morgan fingerprint density at radius 1 is 1.45 bits per heavy atom. The van der Waals surface area contributed by atoms with Gasteiger partial charge in [0.05, 0.1) is 0 Å². The lowest BCUT2D eigenvalue weighted by atomic mass is 10.3. The van der Waals surface area contributed by atoms with Gasteiger partial charge in [-0.25, -0.2) is 0 Å². The van der Waals surface area contributed by atoms with Crippen molar-refractivity contribution >= 4 is 0 Å². The van der Waals surface area contributed by atoms with E-state index in [2.05, 4.69) is 6.58 Å². The molecule has 66 valence electrons. The predicted octanol–water partition coefficient (Wildman–Crippen LogP) is 1.60. The highest BCUT2D eigenvalue weighted by atomic mass is 15.1. The normalized spacial score (nSPS) is 9.73. The molecule has 0 radical (unpaired) electrons. The summed E-state index contributed by atoms with van der Waals surface area (Å²) in [7, 11) is 3.92. The molecule has 11 heavy (non-hydrogen) atoms. The van der Waals surface area contributed by atoms with Crippen molar-refractivity contribution in [2.45, 2.75) is 13.8 Å². The van der Waals surface area contributed by atoms with E-state index in [1.165, 1.54) is 0 Å². The number of rotatable bonds is 3. The Morgan fingerprint density at radius 2 is 1.91 bits per heavy atom. The van der Waals surface area contributed by atoms with E-state index in [4.69, 9.17) is 5.73 Å². The van der Waals surface area contributed by atoms with Crippen LogP contribution in [-0.4, -0.2) is 25.5 Å². The lowest BCUT2D eigenvalue weighted by molar-refractivity contribution is 0.503. The lowest BCUT2D eigenvalue weighted by Gasteiger charge is -2.13. The molecule has 0 unspecified atom stereocenters. The van der Waals surface area contributed by atoms with Gasteiger partial charge in [0.25, 0.3) is 0 Å². The van der Waals surface area contributed by atoms with E-state index in [0.717, 1.165) is 5.70 Å². The van der Waals surface area contributed by atoms with Gasteiger partial charge in [0.15, 0.2) is 0 Å². The summed E-state index contributed by atoms with van der Waals surface area (Å²) in [4.78, 5) is 1.97. The van der Waals surface area contributed by atoms with E-state index in [0.29, 0.717) is 6.54 Å². The molecule has 2 heteroatoms. The summed E-state index contributed by atoms with van der Waals surface area (Å²) in [6.45, 7) is 8.14. The van der Waals surface area contributed by atoms with E-state index in [9.17, 15) is 0 Å². The van der Waals surface area contributed by atoms with Gasteiger partial charge < -0.3 is 10.6 Å². The van der Waals surface area contributed by atoms with Crippen molar-refractivity contribution in [1.29, 1.82) is 0 Å². The molecular weight excluding hydrogens is 136 g/mol. The number of hydrogen-bond donors (Lipinski definition) is 1. The van der Waals surface area contributed by atoms with Crippen LogP contribution in [0.3, 0.4) is 0 Å². The third-order valence-corrected chi connectivity index (χ3v) is 1.09. The van der Waals surface area contributed by atoms with E-state index >= 15 is 0 Å². The molecule has 0 aliphatic rings. The van der Waals surface area contributed by atoms with Gasteiger partial charge in [0.2, 0.25) is 0 Å². The number of likely N-dealkylation sites (N-methyl/N-ethyl adjacent to an activating group) is 1. The van der Waals surface area contributed by atoms with Crippen LogP contribution in [0.1, 0.15) is 13.8 Å². The van der Waals surface area contributed by atoms with Gasteiger partial charge in [-0.2, -0.15) is 0 Å². The topological polar surface area (TPSA) is 29.3 Å². The molecule has 0 aromatic carbocycles. The smallest absolute Gasteiger partial charge is 0.0330 e. The Kier molecular flexibility index (Phi) is 10.8. The molecule has 0 aromatic heterocycles. The summed E-state index contributed by atoms with van der Waals surface area (Å²) < 4.78 is 0. The Labute approximate surface area is 70.4 Å². The van der Waals surface area contributed by atoms with Crippen LogP contribution >= 0.6 is 0 Å². The van der Waals surface area contributed by atoms with Crippen molar-refractivity contribution in [3.05, 3.63) is 24.4 Å². The third kappa shape index (κ3) is 7.13. The van der Waals surface area contributed by atoms with Gasteiger partial charge in [-0.05, 0) is 6.08 Å². The minimum absolute atomic E-state index is 0.568. The molecular formula is C9H20N2. The van der Waals surface area contributed by atoms with Gasteiger partial charge in [-0.15, -0.1) is 0 Å². The molecule has 0 heterocycles. The van der Waals surface area contributed by atoms with Crippen LogP contribution in [0.5, 0.6) is 0 Å². The van der Waals surface area contributed by atoms with Gasteiger partial charge in [-0.1, -0.05) is 26.5 Å². The minimum Gasteiger partial charge on any atom is -0.380 e. The summed E-state index contributed by atoms with van der Waals surface area (Å²) in [5, 5.41) is 0. The molecule has 2 N–H and O–H groups in total. The first-order chi connectivity index (χ1) is 5.22. The van der Waals surface area contributed by atoms with Crippen LogP contribution in [-0.2, 0) is 0 Å². The van der Waals surface area contributed by atoms with Crippen LogP contribution in [0.25, 0.3) is 0 Å². The number of hydrogen-bond acceptors (Lipinski definition) is 2. The molecule has 0 aliphatic heterocycles. The second-order valence-corrected chi connectivity index (χ2v) is 1.99. The maximum absolute atomic E-state index is 5.40. The first-order valence-electron chi connectivity index (χ1n) is 3.91. The van der Waals surface area contributed by atoms with Crippen molar-refractivity contribution in [2.24, 2.45) is 5.73 Å². The third-order valence-electron chi connectivity index (χ3n) is 1.09. The van der Waals surface area contributed by atoms with Gasteiger partial charge >= 0.3 is 0 Å². The first-order valence-corrected chi connectivity index (χ1v) is 3.91. The predicted molar refractivity (Wildman–Crippen MR) is 52.4 cm³/mol. The Hall–Kier alpha value is -0.760. The highest BCUT2D eigenvalue weighted by Crippen LogP contribution is 1.93. The largest absolute Gasteiger partial charge is 0.380 e. The average molecular weight is 156 g/mol. The zero-order valence-corrected chi connectivity index (χ0v) is 8.09. The number of allylic oxidation sites excluding steroid dienone is 2. The van der Waals surface area contributed by atoms with Crippen molar-refractivity contribution in [3.8, 4) is 0 Å². The molecule has 0 aromatic rings. The van der Waals surface area contributed by atoms with Crippen molar-refractivity contribution in [1.82, 2.24) is 4.90 Å². The fraction of sp³-hybridized carbons (Fsp3) is 0.556. The van der Waals surface area contributed by atoms with Gasteiger partial charge in [0.1, 0.15) is 0 Å². The van der Waals surface area contributed by atoms with Gasteiger partial charge in [-0.3, -0.25) is 0 Å². The second-order valence-electron chi connectivity index (χ2n) is 1.99. The first kappa shape index (κ1) is 12.9. The number of nitrogens with two attached hydrogens (primary N) is 1. The molecule has 0 atom stereocenters. The standard InChI is InChI=1S/C7H14N2.C2H6/c1-4-5-7(6-8)9(2)3;1-2/h4-5H,1,6,8H2,2-3H3;1-2H3/b7-5-;. The fourth-order valence-electron chi connectivity index (χ4n) is 0.536. The molecule has 0 rings (SSSR count). The maximum atomic E-state index is 5.40. The quantitative estimate of drug-likeness (QED) is 0.629. The Bertz CT molecular complexity index is 115. The molecule has 0 aliphatic carbocycles. The highest BCUT2D eigenvalue weighted by Gasteiger charge is 1.91. The van der Waals surface area contributed by atoms with E-state index in [1.54, 1.807) is 6.08 Å². The summed E-state index contributed by atoms with van der Waals surface area (Å²) >= 11 is 0. The zero-order chi connectivity index (χ0) is 9.28. The lowest BCUT2D eigenvalue weighted by Crippen LogP contribution is -2.18. The number of nitrogens with zero attached hydrogens (tertiary/aromatic N) is 1. The van der Waals surface area contributed by atoms with Crippen LogP contribution in [0.2, 0.25) is 0 Å². The SMILES string of the molecule is C=C/C=C(/CN)N(C)C.CC. The van der Waals surface area contributed by atoms with Crippen molar-refractivity contribution in [3.63, 3.8) is 0 Å². The van der Waals surface area contributed by atoms with E-state index in [-0.39, 0.29) is 0 Å². The Balaban J connectivity index is 0. The monoisotopic (exact) mass is 156 g/mol. The van der Waals surface area contributed by atoms with Crippen LogP contribution < -0.4 is 5.73 Å². The van der Waals surface area contributed by atoms with E-state index < -0.39 is 0 Å². The zero-order valence-electron chi connectivity index (χ0n) is 8.09. The molecule has 2 nitrogen and oxygen atoms in total. The molecule has 0 spiro atoms. The average Bonchev–Trinajstić information content (AvgIpc) is 2.03. The summed E-state index contributed by atoms with van der Waals surface area (Å²) in [6, 6.07) is 0. The molecule has 0 amide bonds. The highest BCUT2D eigenvalue weighted by molar-refractivity contribution is 5.09. The van der Waals surface area contributed by atoms with Crippen LogP contribution in [0.15, 0.2) is 24.4 Å². The molecule has 0 saturated carbocycles. The second kappa shape index (κ2) is 9.24. The van der Waals surface area contributed by atoms with E-state index in [1.807, 2.05) is 38.9 Å². The molecule has 0 saturated heterocycles. The molecule has 0 fully saturated rings. The van der Waals surface area contributed by atoms with Crippen molar-refractivity contribution < 1.29 is 0 Å². The Morgan fingerprint density at radius 3 is 2.00 bits per heavy atom. The molecule has 0 bridgehead atoms. The van der Waals surface area contributed by atoms with Crippen LogP contribution in [0.4, 0.5) is 0 Å². The summed E-state index contributed by atoms with van der Waals surface area (Å²) in [6.07, 6.45) is 3.64. The summed E-state index contributed by atoms with van der Waals surface area (Å²) in [5.41, 5.74) is 6.49. The van der Waals surface area contributed by atoms with Crippen molar-refractivity contribution in [2.75, 3.05) is 20.6 Å². The van der Waals surface area contributed by atoms with Gasteiger partial charge in [0, 0.05) is 26.3 Å². The fourth-order valence-corrected chi connectivity index (χ4v) is 0.536. The maximum Gasteiger partial charge on any atom is 0.0330 e. The van der Waals surface area contributed by atoms with Crippen LogP contribution in [0, 0.1) is 0 Å². The minimum atomic E-state index is 0.568. The summed E-state index contributed by atoms with van der Waals surface area (Å²) in [5.74, 6) is 0.